The Labute approximate surface area is 124 Å². The first-order valence-electron chi connectivity index (χ1n) is 7.31. The van der Waals surface area contributed by atoms with Gasteiger partial charge in [-0.1, -0.05) is 13.0 Å². The monoisotopic (exact) mass is 288 g/mol. The summed E-state index contributed by atoms with van der Waals surface area (Å²) < 4.78 is 5.34. The summed E-state index contributed by atoms with van der Waals surface area (Å²) in [5, 5.41) is 0. The van der Waals surface area contributed by atoms with Gasteiger partial charge in [0.05, 0.1) is 24.6 Å². The topological polar surface area (TPSA) is 72.6 Å². The molecule has 3 rings (SSSR count). The molecule has 1 aliphatic heterocycles. The van der Waals surface area contributed by atoms with Crippen LogP contribution in [-0.2, 0) is 16.1 Å². The molecule has 1 aromatic rings. The van der Waals surface area contributed by atoms with Crippen molar-refractivity contribution in [1.29, 1.82) is 0 Å². The first-order valence-corrected chi connectivity index (χ1v) is 7.31. The number of hydrogen-bond donors (Lipinski definition) is 1. The Hall–Kier alpha value is -1.88. The van der Waals surface area contributed by atoms with Crippen molar-refractivity contribution in [3.8, 4) is 5.75 Å². The van der Waals surface area contributed by atoms with Gasteiger partial charge in [-0.3, -0.25) is 9.59 Å². The van der Waals surface area contributed by atoms with E-state index in [4.69, 9.17) is 10.5 Å². The minimum absolute atomic E-state index is 0.0897. The number of carbonyl (C=O) groups is 2. The van der Waals surface area contributed by atoms with Crippen molar-refractivity contribution in [3.63, 3.8) is 0 Å². The highest BCUT2D eigenvalue weighted by Crippen LogP contribution is 2.46. The number of methoxy groups -OCH3 is 1. The minimum Gasteiger partial charge on any atom is -0.495 e. The van der Waals surface area contributed by atoms with E-state index in [1.54, 1.807) is 12.1 Å². The van der Waals surface area contributed by atoms with Crippen molar-refractivity contribution >= 4 is 17.5 Å². The molecule has 0 spiro atoms. The number of rotatable bonds is 3. The highest BCUT2D eigenvalue weighted by atomic mass is 16.5. The third-order valence-corrected chi connectivity index (χ3v) is 4.59. The molecule has 2 N–H and O–H groups in total. The van der Waals surface area contributed by atoms with E-state index in [1.807, 2.05) is 6.07 Å². The summed E-state index contributed by atoms with van der Waals surface area (Å²) in [5.74, 6) is 0.461. The van der Waals surface area contributed by atoms with Gasteiger partial charge in [0.1, 0.15) is 5.75 Å². The normalized spacial score (nSPS) is 28.1. The summed E-state index contributed by atoms with van der Waals surface area (Å²) in [4.78, 5) is 26.5. The third-order valence-electron chi connectivity index (χ3n) is 4.59. The number of imide groups is 1. The van der Waals surface area contributed by atoms with Crippen LogP contribution in [0.3, 0.4) is 0 Å². The van der Waals surface area contributed by atoms with Gasteiger partial charge in [0, 0.05) is 6.54 Å². The second kappa shape index (κ2) is 5.15. The molecule has 0 bridgehead atoms. The average Bonchev–Trinajstić information content (AvgIpc) is 2.97. The summed E-state index contributed by atoms with van der Waals surface area (Å²) in [6.07, 6.45) is 1.60. The third kappa shape index (κ3) is 2.12. The highest BCUT2D eigenvalue weighted by Gasteiger charge is 2.52. The lowest BCUT2D eigenvalue weighted by Crippen LogP contribution is -2.32. The maximum Gasteiger partial charge on any atom is 0.237 e. The van der Waals surface area contributed by atoms with Gasteiger partial charge in [-0.25, -0.2) is 4.90 Å². The van der Waals surface area contributed by atoms with Gasteiger partial charge in [-0.05, 0) is 36.5 Å². The summed E-state index contributed by atoms with van der Waals surface area (Å²) in [6, 6.07) is 5.36. The smallest absolute Gasteiger partial charge is 0.237 e. The minimum atomic E-state index is -0.161. The second-order valence-electron chi connectivity index (χ2n) is 6.01. The van der Waals surface area contributed by atoms with Crippen molar-refractivity contribution in [2.75, 3.05) is 12.0 Å². The van der Waals surface area contributed by atoms with E-state index in [2.05, 4.69) is 6.92 Å². The zero-order valence-electron chi connectivity index (χ0n) is 12.3. The Morgan fingerprint density at radius 2 is 1.86 bits per heavy atom. The fraction of sp³-hybridized carbons (Fsp3) is 0.500. The number of benzene rings is 1. The molecule has 1 saturated carbocycles. The molecule has 21 heavy (non-hydrogen) atoms. The van der Waals surface area contributed by atoms with Crippen LogP contribution in [0.15, 0.2) is 18.2 Å². The average molecular weight is 288 g/mol. The Kier molecular flexibility index (Phi) is 3.45. The van der Waals surface area contributed by atoms with Gasteiger partial charge in [-0.15, -0.1) is 0 Å². The van der Waals surface area contributed by atoms with Gasteiger partial charge >= 0.3 is 0 Å². The van der Waals surface area contributed by atoms with Gasteiger partial charge in [0.15, 0.2) is 0 Å². The van der Waals surface area contributed by atoms with E-state index >= 15 is 0 Å². The van der Waals surface area contributed by atoms with Crippen LogP contribution in [-0.4, -0.2) is 18.9 Å². The number of ether oxygens (including phenoxy) is 1. The SMILES string of the molecule is COc1cc(CN)ccc1N1C(=O)C2CC(C)CC2C1=O. The molecule has 2 atom stereocenters. The second-order valence-corrected chi connectivity index (χ2v) is 6.01. The van der Waals surface area contributed by atoms with E-state index in [0.29, 0.717) is 23.9 Å². The molecule has 2 unspecified atom stereocenters. The molecule has 2 amide bonds. The van der Waals surface area contributed by atoms with Crippen LogP contribution < -0.4 is 15.4 Å². The number of amides is 2. The standard InChI is InChI=1S/C16H20N2O3/c1-9-5-11-12(6-9)16(20)18(15(11)19)13-4-3-10(8-17)7-14(13)21-2/h3-4,7,9,11-12H,5-6,8,17H2,1-2H3. The quantitative estimate of drug-likeness (QED) is 0.859. The lowest BCUT2D eigenvalue weighted by atomic mass is 10.00. The molecular formula is C16H20N2O3. The molecule has 1 heterocycles. The first kappa shape index (κ1) is 14.1. The van der Waals surface area contributed by atoms with Crippen LogP contribution in [0.5, 0.6) is 5.75 Å². The first-order chi connectivity index (χ1) is 10.1. The molecule has 1 aromatic carbocycles. The molecule has 1 aliphatic carbocycles. The number of hydrogen-bond acceptors (Lipinski definition) is 4. The summed E-state index contributed by atoms with van der Waals surface area (Å²) in [5.41, 5.74) is 7.06. The van der Waals surface area contributed by atoms with Crippen LogP contribution >= 0.6 is 0 Å². The van der Waals surface area contributed by atoms with Crippen molar-refractivity contribution in [2.24, 2.45) is 23.5 Å². The summed E-state index contributed by atoms with van der Waals surface area (Å²) in [7, 11) is 1.53. The zero-order chi connectivity index (χ0) is 15.1. The number of carbonyl (C=O) groups excluding carboxylic acids is 2. The molecule has 112 valence electrons. The lowest BCUT2D eigenvalue weighted by molar-refractivity contribution is -0.123. The van der Waals surface area contributed by atoms with Crippen molar-refractivity contribution in [3.05, 3.63) is 23.8 Å². The number of nitrogens with zero attached hydrogens (tertiary/aromatic N) is 1. The molecule has 0 aromatic heterocycles. The Morgan fingerprint density at radius 1 is 1.24 bits per heavy atom. The zero-order valence-corrected chi connectivity index (χ0v) is 12.3. The molecule has 2 aliphatic rings. The molecule has 1 saturated heterocycles. The number of nitrogens with two attached hydrogens (primary N) is 1. The highest BCUT2D eigenvalue weighted by molar-refractivity contribution is 6.22. The van der Waals surface area contributed by atoms with Crippen LogP contribution in [0, 0.1) is 17.8 Å². The van der Waals surface area contributed by atoms with E-state index in [-0.39, 0.29) is 23.7 Å². The van der Waals surface area contributed by atoms with Gasteiger partial charge in [0.2, 0.25) is 11.8 Å². The Bertz CT molecular complexity index is 575. The lowest BCUT2D eigenvalue weighted by Gasteiger charge is -2.20. The number of fused-ring (bicyclic) bond motifs is 1. The van der Waals surface area contributed by atoms with E-state index < -0.39 is 0 Å². The van der Waals surface area contributed by atoms with Gasteiger partial charge < -0.3 is 10.5 Å². The van der Waals surface area contributed by atoms with Crippen molar-refractivity contribution in [2.45, 2.75) is 26.3 Å². The summed E-state index contributed by atoms with van der Waals surface area (Å²) >= 11 is 0. The molecule has 5 heteroatoms. The van der Waals surface area contributed by atoms with Gasteiger partial charge in [-0.2, -0.15) is 0 Å². The summed E-state index contributed by atoms with van der Waals surface area (Å²) in [6.45, 7) is 2.49. The van der Waals surface area contributed by atoms with Crippen LogP contribution in [0.25, 0.3) is 0 Å². The Balaban J connectivity index is 1.98. The largest absolute Gasteiger partial charge is 0.495 e. The van der Waals surface area contributed by atoms with Crippen molar-refractivity contribution in [1.82, 2.24) is 0 Å². The fourth-order valence-electron chi connectivity index (χ4n) is 3.55. The molecule has 5 nitrogen and oxygen atoms in total. The van der Waals surface area contributed by atoms with Crippen LogP contribution in [0.1, 0.15) is 25.3 Å². The number of anilines is 1. The predicted octanol–water partition coefficient (Wildman–Crippen LogP) is 1.69. The molecular weight excluding hydrogens is 268 g/mol. The fourth-order valence-corrected chi connectivity index (χ4v) is 3.55. The van der Waals surface area contributed by atoms with E-state index in [0.717, 1.165) is 18.4 Å². The predicted molar refractivity (Wildman–Crippen MR) is 78.8 cm³/mol. The van der Waals surface area contributed by atoms with E-state index in [9.17, 15) is 9.59 Å². The van der Waals surface area contributed by atoms with Gasteiger partial charge in [0.25, 0.3) is 0 Å². The molecule has 0 radical (unpaired) electrons. The Morgan fingerprint density at radius 3 is 2.38 bits per heavy atom. The van der Waals surface area contributed by atoms with E-state index in [1.165, 1.54) is 12.0 Å². The van der Waals surface area contributed by atoms with Crippen LogP contribution in [0.2, 0.25) is 0 Å². The van der Waals surface area contributed by atoms with Crippen LogP contribution in [0.4, 0.5) is 5.69 Å². The maximum absolute atomic E-state index is 12.6. The maximum atomic E-state index is 12.6. The van der Waals surface area contributed by atoms with Crippen molar-refractivity contribution < 1.29 is 14.3 Å². The molecule has 2 fully saturated rings.